The summed E-state index contributed by atoms with van der Waals surface area (Å²) in [6.45, 7) is 1.67. The second-order valence-electron chi connectivity index (χ2n) is 7.92. The van der Waals surface area contributed by atoms with Crippen LogP contribution >= 0.6 is 38.6 Å². The molecule has 168 valence electrons. The SMILES string of the molecule is O=C(c1ccc(-c2cccs2)cc1)N1CCn2c(nnc2-c2csc(-c3cccc(Br)c3)n2)C1. The van der Waals surface area contributed by atoms with Crippen LogP contribution in [0.2, 0.25) is 0 Å². The van der Waals surface area contributed by atoms with Gasteiger partial charge in [0.2, 0.25) is 0 Å². The number of carbonyl (C=O) groups excluding carboxylic acids is 1. The van der Waals surface area contributed by atoms with Gasteiger partial charge in [0.05, 0.1) is 6.54 Å². The van der Waals surface area contributed by atoms with E-state index in [0.717, 1.165) is 37.9 Å². The van der Waals surface area contributed by atoms with Crippen molar-refractivity contribution < 1.29 is 4.79 Å². The number of hydrogen-bond acceptors (Lipinski definition) is 6. The number of carbonyl (C=O) groups is 1. The van der Waals surface area contributed by atoms with E-state index in [-0.39, 0.29) is 5.91 Å². The average molecular weight is 548 g/mol. The summed E-state index contributed by atoms with van der Waals surface area (Å²) in [6, 6.07) is 20.0. The first-order chi connectivity index (χ1) is 16.7. The molecule has 0 radical (unpaired) electrons. The van der Waals surface area contributed by atoms with Crippen LogP contribution in [0.25, 0.3) is 32.5 Å². The molecule has 0 N–H and O–H groups in total. The van der Waals surface area contributed by atoms with Gasteiger partial charge in [-0.3, -0.25) is 4.79 Å². The van der Waals surface area contributed by atoms with E-state index < -0.39 is 0 Å². The first-order valence-electron chi connectivity index (χ1n) is 10.7. The first kappa shape index (κ1) is 21.4. The predicted octanol–water partition coefficient (Wildman–Crippen LogP) is 6.22. The van der Waals surface area contributed by atoms with E-state index in [4.69, 9.17) is 4.98 Å². The molecule has 4 heterocycles. The van der Waals surface area contributed by atoms with Crippen LogP contribution in [0.5, 0.6) is 0 Å². The molecule has 2 aromatic carbocycles. The zero-order valence-corrected chi connectivity index (χ0v) is 21.1. The smallest absolute Gasteiger partial charge is 0.254 e. The Kier molecular flexibility index (Phi) is 5.60. The quantitative estimate of drug-likeness (QED) is 0.268. The number of fused-ring (bicyclic) bond motifs is 1. The minimum Gasteiger partial charge on any atom is -0.329 e. The number of thiophene rings is 1. The summed E-state index contributed by atoms with van der Waals surface area (Å²) in [7, 11) is 0. The number of aromatic nitrogens is 4. The Balaban J connectivity index is 1.20. The predicted molar refractivity (Wildman–Crippen MR) is 139 cm³/mol. The average Bonchev–Trinajstić information content (AvgIpc) is 3.64. The molecule has 1 aliphatic heterocycles. The van der Waals surface area contributed by atoms with Crippen LogP contribution in [0.15, 0.2) is 75.9 Å². The first-order valence-corrected chi connectivity index (χ1v) is 13.3. The zero-order chi connectivity index (χ0) is 23.1. The number of rotatable bonds is 4. The molecule has 34 heavy (non-hydrogen) atoms. The Morgan fingerprint density at radius 1 is 0.941 bits per heavy atom. The van der Waals surface area contributed by atoms with E-state index in [1.165, 1.54) is 4.88 Å². The summed E-state index contributed by atoms with van der Waals surface area (Å²) >= 11 is 6.80. The summed E-state index contributed by atoms with van der Waals surface area (Å²) in [5, 5.41) is 13.8. The van der Waals surface area contributed by atoms with Gasteiger partial charge < -0.3 is 9.47 Å². The van der Waals surface area contributed by atoms with Crippen LogP contribution in [0.4, 0.5) is 0 Å². The second-order valence-corrected chi connectivity index (χ2v) is 10.6. The van der Waals surface area contributed by atoms with E-state index in [2.05, 4.69) is 48.2 Å². The molecular formula is C25H18BrN5OS2. The molecule has 0 atom stereocenters. The van der Waals surface area contributed by atoms with E-state index in [1.807, 2.05) is 58.8 Å². The lowest BCUT2D eigenvalue weighted by molar-refractivity contribution is 0.0708. The lowest BCUT2D eigenvalue weighted by Gasteiger charge is -2.27. The molecule has 0 spiro atoms. The highest BCUT2D eigenvalue weighted by molar-refractivity contribution is 9.10. The maximum Gasteiger partial charge on any atom is 0.254 e. The van der Waals surface area contributed by atoms with E-state index in [9.17, 15) is 4.79 Å². The minimum atomic E-state index is 0.0131. The van der Waals surface area contributed by atoms with Crippen LogP contribution in [-0.4, -0.2) is 37.1 Å². The Bertz CT molecular complexity index is 1470. The fourth-order valence-corrected chi connectivity index (χ4v) is 5.98. The van der Waals surface area contributed by atoms with Crippen LogP contribution in [-0.2, 0) is 13.1 Å². The second kappa shape index (κ2) is 8.90. The van der Waals surface area contributed by atoms with Crippen LogP contribution < -0.4 is 0 Å². The Labute approximate surface area is 212 Å². The van der Waals surface area contributed by atoms with Gasteiger partial charge in [0.15, 0.2) is 11.6 Å². The van der Waals surface area contributed by atoms with Gasteiger partial charge in [-0.1, -0.05) is 46.3 Å². The van der Waals surface area contributed by atoms with E-state index in [1.54, 1.807) is 22.7 Å². The number of nitrogens with zero attached hydrogens (tertiary/aromatic N) is 5. The van der Waals surface area contributed by atoms with Gasteiger partial charge in [0, 0.05) is 38.9 Å². The largest absolute Gasteiger partial charge is 0.329 e. The molecule has 1 amide bonds. The van der Waals surface area contributed by atoms with Gasteiger partial charge in [0.25, 0.3) is 5.91 Å². The Hall–Kier alpha value is -3.14. The molecule has 0 saturated heterocycles. The third-order valence-electron chi connectivity index (χ3n) is 5.78. The van der Waals surface area contributed by atoms with Crippen molar-refractivity contribution in [3.8, 4) is 32.5 Å². The number of benzene rings is 2. The van der Waals surface area contributed by atoms with Crippen molar-refractivity contribution in [2.24, 2.45) is 0 Å². The topological polar surface area (TPSA) is 63.9 Å². The molecule has 3 aromatic heterocycles. The number of halogens is 1. The molecule has 0 bridgehead atoms. The standard InChI is InChI=1S/C25H18BrN5OS2/c26-19-4-1-3-18(13-19)24-27-20(15-34-24)23-29-28-22-14-30(10-11-31(22)23)25(32)17-8-6-16(7-9-17)21-5-2-12-33-21/h1-9,12-13,15H,10-11,14H2. The van der Waals surface area contributed by atoms with Gasteiger partial charge in [-0.15, -0.1) is 32.9 Å². The van der Waals surface area contributed by atoms with Crippen LogP contribution in [0.3, 0.4) is 0 Å². The summed E-state index contributed by atoms with van der Waals surface area (Å²) < 4.78 is 3.09. The fraction of sp³-hybridized carbons (Fsp3) is 0.120. The Morgan fingerprint density at radius 3 is 2.62 bits per heavy atom. The van der Waals surface area contributed by atoms with Crippen molar-refractivity contribution in [1.82, 2.24) is 24.6 Å². The van der Waals surface area contributed by atoms with Crippen LogP contribution in [0, 0.1) is 0 Å². The minimum absolute atomic E-state index is 0.0131. The number of amides is 1. The van der Waals surface area contributed by atoms with Crippen molar-refractivity contribution in [2.45, 2.75) is 13.1 Å². The highest BCUT2D eigenvalue weighted by Gasteiger charge is 2.26. The third kappa shape index (κ3) is 4.00. The third-order valence-corrected chi connectivity index (χ3v) is 8.09. The molecule has 0 unspecified atom stereocenters. The van der Waals surface area contributed by atoms with E-state index >= 15 is 0 Å². The van der Waals surface area contributed by atoms with Gasteiger partial charge in [-0.2, -0.15) is 0 Å². The highest BCUT2D eigenvalue weighted by Crippen LogP contribution is 2.31. The molecule has 5 aromatic rings. The number of hydrogen-bond donors (Lipinski definition) is 0. The number of thiazole rings is 1. The van der Waals surface area contributed by atoms with Gasteiger partial charge in [-0.05, 0) is 41.3 Å². The highest BCUT2D eigenvalue weighted by atomic mass is 79.9. The van der Waals surface area contributed by atoms with Crippen molar-refractivity contribution in [3.05, 3.63) is 87.3 Å². The summed E-state index contributed by atoms with van der Waals surface area (Å²) in [5.41, 5.74) is 3.68. The molecule has 6 rings (SSSR count). The molecule has 6 nitrogen and oxygen atoms in total. The van der Waals surface area contributed by atoms with Crippen molar-refractivity contribution >= 4 is 44.5 Å². The summed E-state index contributed by atoms with van der Waals surface area (Å²) in [5.74, 6) is 1.54. The fourth-order valence-electron chi connectivity index (χ4n) is 4.05. The van der Waals surface area contributed by atoms with Crippen molar-refractivity contribution in [2.75, 3.05) is 6.54 Å². The summed E-state index contributed by atoms with van der Waals surface area (Å²) in [6.07, 6.45) is 0. The van der Waals surface area contributed by atoms with Gasteiger partial charge in [-0.25, -0.2) is 4.98 Å². The normalized spacial score (nSPS) is 13.1. The van der Waals surface area contributed by atoms with Crippen molar-refractivity contribution in [1.29, 1.82) is 0 Å². The maximum absolute atomic E-state index is 13.1. The van der Waals surface area contributed by atoms with E-state index in [0.29, 0.717) is 25.2 Å². The summed E-state index contributed by atoms with van der Waals surface area (Å²) in [4.78, 5) is 21.0. The molecule has 1 aliphatic rings. The zero-order valence-electron chi connectivity index (χ0n) is 17.9. The monoisotopic (exact) mass is 547 g/mol. The molecule has 9 heteroatoms. The lowest BCUT2D eigenvalue weighted by atomic mass is 10.1. The molecule has 0 fully saturated rings. The molecule has 0 aliphatic carbocycles. The molecular weight excluding hydrogens is 530 g/mol. The Morgan fingerprint density at radius 2 is 1.82 bits per heavy atom. The van der Waals surface area contributed by atoms with Crippen molar-refractivity contribution in [3.63, 3.8) is 0 Å². The lowest BCUT2D eigenvalue weighted by Crippen LogP contribution is -2.38. The maximum atomic E-state index is 13.1. The van der Waals surface area contributed by atoms with Gasteiger partial charge >= 0.3 is 0 Å². The van der Waals surface area contributed by atoms with Crippen LogP contribution in [0.1, 0.15) is 16.2 Å². The molecule has 0 saturated carbocycles. The van der Waals surface area contributed by atoms with Gasteiger partial charge in [0.1, 0.15) is 10.7 Å².